The van der Waals surface area contributed by atoms with E-state index in [-0.39, 0.29) is 11.5 Å². The van der Waals surface area contributed by atoms with Gasteiger partial charge in [0.15, 0.2) is 0 Å². The van der Waals surface area contributed by atoms with Gasteiger partial charge >= 0.3 is 0 Å². The Labute approximate surface area is 121 Å². The second-order valence-corrected chi connectivity index (χ2v) is 4.72. The Balaban J connectivity index is 4.63. The molecule has 0 unspecified atom stereocenters. The number of nitrogens with zero attached hydrogens (tertiary/aromatic N) is 2. The molecule has 108 valence electrons. The fourth-order valence-electron chi connectivity index (χ4n) is 1.54. The molecular weight excluding hydrogens is 262 g/mol. The SMILES string of the molecule is CCCCN(/C=C(/C#N)C(=O)NCCCl)CCCC. The first-order valence-electron chi connectivity index (χ1n) is 6.89. The first-order valence-corrected chi connectivity index (χ1v) is 7.43. The second-order valence-electron chi connectivity index (χ2n) is 4.34. The van der Waals surface area contributed by atoms with Crippen LogP contribution in [-0.2, 0) is 4.79 Å². The maximum absolute atomic E-state index is 11.7. The number of nitriles is 1. The molecule has 0 bridgehead atoms. The number of carbonyl (C=O) groups excluding carboxylic acids is 1. The molecule has 0 radical (unpaired) electrons. The van der Waals surface area contributed by atoms with Gasteiger partial charge in [0.2, 0.25) is 0 Å². The molecule has 0 aromatic carbocycles. The van der Waals surface area contributed by atoms with Crippen molar-refractivity contribution in [3.05, 3.63) is 11.8 Å². The highest BCUT2D eigenvalue weighted by Crippen LogP contribution is 2.04. The molecule has 0 saturated carbocycles. The maximum Gasteiger partial charge on any atom is 0.263 e. The van der Waals surface area contributed by atoms with Gasteiger partial charge in [-0.3, -0.25) is 4.79 Å². The van der Waals surface area contributed by atoms with Crippen molar-refractivity contribution in [1.29, 1.82) is 5.26 Å². The molecule has 0 aliphatic rings. The summed E-state index contributed by atoms with van der Waals surface area (Å²) in [5.74, 6) is 0.000896. The number of nitrogens with one attached hydrogen (secondary N) is 1. The van der Waals surface area contributed by atoms with Crippen molar-refractivity contribution in [3.63, 3.8) is 0 Å². The summed E-state index contributed by atoms with van der Waals surface area (Å²) in [6, 6.07) is 1.96. The van der Waals surface area contributed by atoms with Gasteiger partial charge in [0.1, 0.15) is 11.6 Å². The largest absolute Gasteiger partial charge is 0.376 e. The fraction of sp³-hybridized carbons (Fsp3) is 0.714. The molecule has 1 amide bonds. The van der Waals surface area contributed by atoms with Crippen molar-refractivity contribution in [2.75, 3.05) is 25.5 Å². The molecule has 0 aromatic heterocycles. The molecule has 4 nitrogen and oxygen atoms in total. The summed E-state index contributed by atoms with van der Waals surface area (Å²) in [6.07, 6.45) is 5.98. The molecule has 5 heteroatoms. The summed E-state index contributed by atoms with van der Waals surface area (Å²) in [5, 5.41) is 11.7. The minimum atomic E-state index is -0.346. The second kappa shape index (κ2) is 11.9. The van der Waals surface area contributed by atoms with Gasteiger partial charge in [-0.25, -0.2) is 0 Å². The fourth-order valence-corrected chi connectivity index (χ4v) is 1.63. The van der Waals surface area contributed by atoms with Crippen molar-refractivity contribution in [2.45, 2.75) is 39.5 Å². The number of rotatable bonds is 10. The minimum Gasteiger partial charge on any atom is -0.376 e. The number of hydrogen-bond acceptors (Lipinski definition) is 3. The molecule has 0 aliphatic carbocycles. The van der Waals surface area contributed by atoms with Gasteiger partial charge in [-0.05, 0) is 12.8 Å². The standard InChI is InChI=1S/C14H24ClN3O/c1-3-5-9-18(10-6-4-2)12-13(11-16)14(19)17-8-7-15/h12H,3-10H2,1-2H3,(H,17,19)/b13-12-. The Morgan fingerprint density at radius 2 is 1.89 bits per heavy atom. The molecule has 0 atom stereocenters. The van der Waals surface area contributed by atoms with Gasteiger partial charge in [0.05, 0.1) is 0 Å². The predicted molar refractivity (Wildman–Crippen MR) is 78.8 cm³/mol. The Morgan fingerprint density at radius 3 is 2.32 bits per heavy atom. The predicted octanol–water partition coefficient (Wildman–Crippen LogP) is 2.65. The summed E-state index contributed by atoms with van der Waals surface area (Å²) in [5.41, 5.74) is 0.150. The van der Waals surface area contributed by atoms with Crippen molar-refractivity contribution >= 4 is 17.5 Å². The lowest BCUT2D eigenvalue weighted by molar-refractivity contribution is -0.117. The number of carbonyl (C=O) groups is 1. The normalized spacial score (nSPS) is 10.9. The zero-order valence-corrected chi connectivity index (χ0v) is 12.7. The zero-order valence-electron chi connectivity index (χ0n) is 11.9. The smallest absolute Gasteiger partial charge is 0.263 e. The van der Waals surface area contributed by atoms with E-state index in [9.17, 15) is 4.79 Å². The highest BCUT2D eigenvalue weighted by Gasteiger charge is 2.10. The molecule has 0 aromatic rings. The average Bonchev–Trinajstić information content (AvgIpc) is 2.43. The summed E-state index contributed by atoms with van der Waals surface area (Å²) in [4.78, 5) is 13.8. The van der Waals surface area contributed by atoms with Gasteiger partial charge in [0.25, 0.3) is 5.91 Å². The quantitative estimate of drug-likeness (QED) is 0.381. The average molecular weight is 286 g/mol. The van der Waals surface area contributed by atoms with Crippen LogP contribution >= 0.6 is 11.6 Å². The number of unbranched alkanes of at least 4 members (excludes halogenated alkanes) is 2. The molecule has 1 N–H and O–H groups in total. The molecule has 0 fully saturated rings. The summed E-state index contributed by atoms with van der Waals surface area (Å²) in [6.45, 7) is 6.39. The highest BCUT2D eigenvalue weighted by atomic mass is 35.5. The Kier molecular flexibility index (Phi) is 11.1. The van der Waals surface area contributed by atoms with Crippen LogP contribution in [0.2, 0.25) is 0 Å². The van der Waals surface area contributed by atoms with E-state index in [1.54, 1.807) is 6.20 Å². The molecular formula is C14H24ClN3O. The van der Waals surface area contributed by atoms with Gasteiger partial charge in [0, 0.05) is 31.7 Å². The lowest BCUT2D eigenvalue weighted by atomic mass is 10.2. The van der Waals surface area contributed by atoms with Gasteiger partial charge in [-0.1, -0.05) is 26.7 Å². The molecule has 0 rings (SSSR count). The number of halogens is 1. The monoisotopic (exact) mass is 285 g/mol. The van der Waals surface area contributed by atoms with Crippen molar-refractivity contribution < 1.29 is 4.79 Å². The third-order valence-corrected chi connectivity index (χ3v) is 2.84. The van der Waals surface area contributed by atoms with Gasteiger partial charge < -0.3 is 10.2 Å². The molecule has 0 spiro atoms. The van der Waals surface area contributed by atoms with E-state index in [4.69, 9.17) is 16.9 Å². The van der Waals surface area contributed by atoms with E-state index in [2.05, 4.69) is 24.1 Å². The van der Waals surface area contributed by atoms with E-state index in [0.29, 0.717) is 12.4 Å². The number of amides is 1. The number of alkyl halides is 1. The Hall–Kier alpha value is -1.21. The van der Waals surface area contributed by atoms with Crippen LogP contribution in [-0.4, -0.2) is 36.3 Å². The molecule has 0 heterocycles. The van der Waals surface area contributed by atoms with Crippen LogP contribution < -0.4 is 5.32 Å². The third-order valence-electron chi connectivity index (χ3n) is 2.65. The van der Waals surface area contributed by atoms with Crippen LogP contribution in [0.1, 0.15) is 39.5 Å². The van der Waals surface area contributed by atoms with Gasteiger partial charge in [-0.15, -0.1) is 11.6 Å². The Morgan fingerprint density at radius 1 is 1.32 bits per heavy atom. The van der Waals surface area contributed by atoms with E-state index in [0.717, 1.165) is 38.8 Å². The van der Waals surface area contributed by atoms with Crippen molar-refractivity contribution in [2.24, 2.45) is 0 Å². The van der Waals surface area contributed by atoms with E-state index in [1.165, 1.54) is 0 Å². The minimum absolute atomic E-state index is 0.150. The highest BCUT2D eigenvalue weighted by molar-refractivity contribution is 6.18. The van der Waals surface area contributed by atoms with Crippen LogP contribution in [0, 0.1) is 11.3 Å². The third kappa shape index (κ3) is 8.50. The summed E-state index contributed by atoms with van der Waals surface area (Å²) >= 11 is 5.51. The molecule has 19 heavy (non-hydrogen) atoms. The maximum atomic E-state index is 11.7. The van der Waals surface area contributed by atoms with E-state index in [1.807, 2.05) is 6.07 Å². The van der Waals surface area contributed by atoms with E-state index >= 15 is 0 Å². The summed E-state index contributed by atoms with van der Waals surface area (Å²) in [7, 11) is 0. The van der Waals surface area contributed by atoms with Crippen LogP contribution in [0.5, 0.6) is 0 Å². The van der Waals surface area contributed by atoms with Crippen molar-refractivity contribution in [3.8, 4) is 6.07 Å². The summed E-state index contributed by atoms with van der Waals surface area (Å²) < 4.78 is 0. The molecule has 0 aliphatic heterocycles. The zero-order chi connectivity index (χ0) is 14.5. The van der Waals surface area contributed by atoms with Crippen LogP contribution in [0.25, 0.3) is 0 Å². The van der Waals surface area contributed by atoms with Crippen LogP contribution in [0.4, 0.5) is 0 Å². The van der Waals surface area contributed by atoms with Crippen LogP contribution in [0.3, 0.4) is 0 Å². The van der Waals surface area contributed by atoms with E-state index < -0.39 is 0 Å². The first kappa shape index (κ1) is 17.8. The van der Waals surface area contributed by atoms with Crippen LogP contribution in [0.15, 0.2) is 11.8 Å². The van der Waals surface area contributed by atoms with Crippen molar-refractivity contribution in [1.82, 2.24) is 10.2 Å². The molecule has 0 saturated heterocycles. The first-order chi connectivity index (χ1) is 9.19. The topological polar surface area (TPSA) is 56.1 Å². The Bertz CT molecular complexity index is 315. The number of hydrogen-bond donors (Lipinski definition) is 1. The lowest BCUT2D eigenvalue weighted by Gasteiger charge is -2.20. The van der Waals surface area contributed by atoms with Gasteiger partial charge in [-0.2, -0.15) is 5.26 Å². The lowest BCUT2D eigenvalue weighted by Crippen LogP contribution is -2.29.